The molecule has 10 aromatic rings. The van der Waals surface area contributed by atoms with Gasteiger partial charge >= 0.3 is 0 Å². The first-order valence-electron chi connectivity index (χ1n) is 23.9. The normalized spacial score (nSPS) is 14.2. The first kappa shape index (κ1) is 45.1. The van der Waals surface area contributed by atoms with Crippen LogP contribution in [0, 0.1) is 49.1 Å². The first-order chi connectivity index (χ1) is 35.2. The molecule has 11 heteroatoms. The molecule has 0 unspecified atom stereocenters. The molecule has 0 atom stereocenters. The standard InChI is InChI=1S/C62H43F4N5O2/c1-36-15-13-16-37(2)54(36)42-26-29-50-52(32-42)68(44-21-9-6-10-22-44)53-33-43(55-38(3)17-14-18-39(55)4)27-30-51(53)70(50)59-47(34-67)58(71(72)73)56-57(62(65,66)35-61(56,63)64)60(59)69-48-24-12-11-23-45(48)46-31-41(25-28-49(46)69)40-19-7-5-8-20-40/h5-33H,35H2,1-4H3. The lowest BCUT2D eigenvalue weighted by atomic mass is 9.90. The molecule has 12 rings (SSSR count). The van der Waals surface area contributed by atoms with Gasteiger partial charge in [0.1, 0.15) is 11.6 Å². The molecular weight excluding hydrogens is 923 g/mol. The van der Waals surface area contributed by atoms with Crippen molar-refractivity contribution in [1.82, 2.24) is 4.57 Å². The van der Waals surface area contributed by atoms with Gasteiger partial charge in [-0.1, -0.05) is 121 Å². The molecule has 1 aromatic heterocycles. The Kier molecular flexibility index (Phi) is 10.2. The number of hydrogen-bond acceptors (Lipinski definition) is 5. The zero-order valence-corrected chi connectivity index (χ0v) is 40.0. The molecule has 7 nitrogen and oxygen atoms in total. The molecule has 2 heterocycles. The summed E-state index contributed by atoms with van der Waals surface area (Å²) in [7, 11) is 0. The Bertz CT molecular complexity index is 3870. The number of nitrogens with zero attached hydrogens (tertiary/aromatic N) is 5. The number of aromatic nitrogens is 1. The molecule has 2 aliphatic rings. The third-order valence-electron chi connectivity index (χ3n) is 14.6. The van der Waals surface area contributed by atoms with Gasteiger partial charge in [-0.2, -0.15) is 5.26 Å². The van der Waals surface area contributed by atoms with E-state index in [0.717, 1.165) is 61.3 Å². The van der Waals surface area contributed by atoms with Gasteiger partial charge in [-0.15, -0.1) is 0 Å². The van der Waals surface area contributed by atoms with Crippen molar-refractivity contribution < 1.29 is 22.5 Å². The number of alkyl halides is 4. The fourth-order valence-electron chi connectivity index (χ4n) is 11.6. The first-order valence-corrected chi connectivity index (χ1v) is 23.9. The Balaban J connectivity index is 1.28. The van der Waals surface area contributed by atoms with Crippen molar-refractivity contribution in [2.75, 3.05) is 9.80 Å². The Hall–Kier alpha value is -9.01. The van der Waals surface area contributed by atoms with E-state index in [9.17, 15) is 15.4 Å². The minimum absolute atomic E-state index is 0.338. The van der Waals surface area contributed by atoms with E-state index in [0.29, 0.717) is 44.6 Å². The summed E-state index contributed by atoms with van der Waals surface area (Å²) in [5.74, 6) is -8.72. The molecule has 356 valence electrons. The van der Waals surface area contributed by atoms with Gasteiger partial charge < -0.3 is 14.4 Å². The third kappa shape index (κ3) is 6.85. The van der Waals surface area contributed by atoms with Crippen LogP contribution in [-0.2, 0) is 11.8 Å². The summed E-state index contributed by atoms with van der Waals surface area (Å²) in [6.07, 6.45) is -2.03. The molecule has 0 amide bonds. The van der Waals surface area contributed by atoms with Crippen molar-refractivity contribution in [2.24, 2.45) is 0 Å². The fraction of sp³-hybridized carbons (Fsp3) is 0.113. The highest BCUT2D eigenvalue weighted by Crippen LogP contribution is 2.65. The summed E-state index contributed by atoms with van der Waals surface area (Å²) < 4.78 is 70.0. The van der Waals surface area contributed by atoms with Gasteiger partial charge in [0.05, 0.1) is 62.1 Å². The lowest BCUT2D eigenvalue weighted by Gasteiger charge is -2.42. The number of fused-ring (bicyclic) bond motifs is 6. The SMILES string of the molecule is Cc1cccc(C)c1-c1ccc2c(c1)N(c1ccccc1)c1cc(-c3c(C)cccc3C)ccc1N2c1c(C#N)c([N+](=O)[O-])c2c(c1-n1c3ccccc3c3cc(-c4ccccc4)ccc31)C(F)(F)CC2(F)F. The van der Waals surface area contributed by atoms with Crippen LogP contribution < -0.4 is 9.80 Å². The lowest BCUT2D eigenvalue weighted by Crippen LogP contribution is -2.27. The number of nitro benzene ring substituents is 1. The molecular formula is C62H43F4N5O2. The number of para-hydroxylation sites is 2. The average Bonchev–Trinajstić information content (AvgIpc) is 3.81. The number of nitriles is 1. The number of nitro groups is 1. The molecule has 0 N–H and O–H groups in total. The molecule has 0 saturated heterocycles. The van der Waals surface area contributed by atoms with E-state index in [-0.39, 0.29) is 5.69 Å². The van der Waals surface area contributed by atoms with Gasteiger partial charge in [-0.25, -0.2) is 17.6 Å². The molecule has 0 spiro atoms. The van der Waals surface area contributed by atoms with Gasteiger partial charge in [0.25, 0.3) is 17.5 Å². The highest BCUT2D eigenvalue weighted by Gasteiger charge is 2.62. The van der Waals surface area contributed by atoms with Crippen LogP contribution in [0.15, 0.2) is 176 Å². The molecule has 9 aromatic carbocycles. The van der Waals surface area contributed by atoms with E-state index in [2.05, 4.69) is 4.90 Å². The second-order valence-corrected chi connectivity index (χ2v) is 19.0. The van der Waals surface area contributed by atoms with E-state index in [1.54, 1.807) is 23.1 Å². The molecule has 0 fully saturated rings. The summed E-state index contributed by atoms with van der Waals surface area (Å²) in [6.45, 7) is 8.09. The number of anilines is 6. The second-order valence-electron chi connectivity index (χ2n) is 19.0. The van der Waals surface area contributed by atoms with E-state index < -0.39 is 51.3 Å². The molecule has 0 bridgehead atoms. The summed E-state index contributed by atoms with van der Waals surface area (Å²) in [4.78, 5) is 16.1. The van der Waals surface area contributed by atoms with E-state index >= 15 is 17.6 Å². The second kappa shape index (κ2) is 16.5. The van der Waals surface area contributed by atoms with E-state index in [1.807, 2.05) is 191 Å². The maximum Gasteiger partial charge on any atom is 0.299 e. The molecule has 0 saturated carbocycles. The largest absolute Gasteiger partial charge is 0.307 e. The minimum atomic E-state index is -4.40. The summed E-state index contributed by atoms with van der Waals surface area (Å²) >= 11 is 0. The Morgan fingerprint density at radius 2 is 1.01 bits per heavy atom. The predicted octanol–water partition coefficient (Wildman–Crippen LogP) is 17.6. The summed E-state index contributed by atoms with van der Waals surface area (Å²) in [6, 6.07) is 57.4. The van der Waals surface area contributed by atoms with Crippen molar-refractivity contribution in [3.05, 3.63) is 225 Å². The van der Waals surface area contributed by atoms with Crippen molar-refractivity contribution in [3.63, 3.8) is 0 Å². The van der Waals surface area contributed by atoms with Crippen LogP contribution in [0.25, 0.3) is 60.9 Å². The third-order valence-corrected chi connectivity index (χ3v) is 14.6. The van der Waals surface area contributed by atoms with Crippen LogP contribution in [0.1, 0.15) is 45.4 Å². The van der Waals surface area contributed by atoms with Gasteiger partial charge in [-0.05, 0) is 138 Å². The Morgan fingerprint density at radius 1 is 0.507 bits per heavy atom. The van der Waals surface area contributed by atoms with Crippen molar-refractivity contribution in [3.8, 4) is 45.1 Å². The van der Waals surface area contributed by atoms with Crippen molar-refractivity contribution in [1.29, 1.82) is 5.26 Å². The molecule has 1 aliphatic carbocycles. The van der Waals surface area contributed by atoms with Gasteiger partial charge in [0.15, 0.2) is 5.56 Å². The van der Waals surface area contributed by atoms with Crippen molar-refractivity contribution >= 4 is 61.6 Å². The fourth-order valence-corrected chi connectivity index (χ4v) is 11.6. The Labute approximate surface area is 418 Å². The van der Waals surface area contributed by atoms with Gasteiger partial charge in [0, 0.05) is 16.5 Å². The quantitative estimate of drug-likeness (QED) is 0.0903. The highest BCUT2D eigenvalue weighted by atomic mass is 19.3. The van der Waals surface area contributed by atoms with Gasteiger partial charge in [0.2, 0.25) is 0 Å². The maximum absolute atomic E-state index is 17.5. The molecule has 73 heavy (non-hydrogen) atoms. The predicted molar refractivity (Wildman–Crippen MR) is 283 cm³/mol. The molecule has 0 radical (unpaired) electrons. The van der Waals surface area contributed by atoms with Crippen LogP contribution >= 0.6 is 0 Å². The smallest absolute Gasteiger partial charge is 0.299 e. The van der Waals surface area contributed by atoms with Gasteiger partial charge in [-0.3, -0.25) is 10.1 Å². The zero-order valence-electron chi connectivity index (χ0n) is 40.0. The number of benzene rings is 9. The maximum atomic E-state index is 17.5. The summed E-state index contributed by atoms with van der Waals surface area (Å²) in [5.41, 5.74) is 6.98. The number of rotatable bonds is 7. The van der Waals surface area contributed by atoms with Crippen LogP contribution in [-0.4, -0.2) is 9.49 Å². The zero-order chi connectivity index (χ0) is 50.7. The highest BCUT2D eigenvalue weighted by molar-refractivity contribution is 6.13. The van der Waals surface area contributed by atoms with E-state index in [4.69, 9.17) is 0 Å². The Morgan fingerprint density at radius 3 is 1.58 bits per heavy atom. The summed E-state index contributed by atoms with van der Waals surface area (Å²) in [5, 5.41) is 26.3. The van der Waals surface area contributed by atoms with Crippen molar-refractivity contribution in [2.45, 2.75) is 46.0 Å². The number of hydrogen-bond donors (Lipinski definition) is 0. The van der Waals surface area contributed by atoms with Crippen LogP contribution in [0.5, 0.6) is 0 Å². The lowest BCUT2D eigenvalue weighted by molar-refractivity contribution is -0.387. The van der Waals surface area contributed by atoms with Crippen LogP contribution in [0.3, 0.4) is 0 Å². The minimum Gasteiger partial charge on any atom is -0.307 e. The number of halogens is 4. The topological polar surface area (TPSA) is 78.3 Å². The molecule has 1 aliphatic heterocycles. The number of aryl methyl sites for hydroxylation is 4. The average molecular weight is 966 g/mol. The van der Waals surface area contributed by atoms with E-state index in [1.165, 1.54) is 4.57 Å². The van der Waals surface area contributed by atoms with Crippen LogP contribution in [0.2, 0.25) is 0 Å². The monoisotopic (exact) mass is 965 g/mol. The van der Waals surface area contributed by atoms with Crippen LogP contribution in [0.4, 0.5) is 57.4 Å².